The van der Waals surface area contributed by atoms with Crippen molar-refractivity contribution in [3.63, 3.8) is 0 Å². The van der Waals surface area contributed by atoms with Crippen LogP contribution in [0.15, 0.2) is 28.9 Å². The molecule has 0 radical (unpaired) electrons. The maximum absolute atomic E-state index is 11.5. The zero-order chi connectivity index (χ0) is 11.5. The molecule has 0 aromatic carbocycles. The molecule has 0 spiro atoms. The van der Waals surface area contributed by atoms with Crippen molar-refractivity contribution >= 4 is 34.8 Å². The highest BCUT2D eigenvalue weighted by molar-refractivity contribution is 6.29. The van der Waals surface area contributed by atoms with Gasteiger partial charge in [0, 0.05) is 0 Å². The maximum atomic E-state index is 11.5. The molecule has 0 fully saturated rings. The van der Waals surface area contributed by atoms with Crippen LogP contribution in [0.3, 0.4) is 0 Å². The molecule has 2 aromatic rings. The van der Waals surface area contributed by atoms with Gasteiger partial charge in [0.15, 0.2) is 0 Å². The van der Waals surface area contributed by atoms with Gasteiger partial charge in [-0.3, -0.25) is 4.79 Å². The Bertz CT molecular complexity index is 510. The number of hydrogen-bond donors (Lipinski definition) is 1. The molecular weight excluding hydrogens is 253 g/mol. The van der Waals surface area contributed by atoms with Crippen molar-refractivity contribution in [2.24, 2.45) is 0 Å². The van der Waals surface area contributed by atoms with E-state index in [1.807, 2.05) is 0 Å². The average Bonchev–Trinajstić information content (AvgIpc) is 2.68. The summed E-state index contributed by atoms with van der Waals surface area (Å²) in [4.78, 5) is 19.0. The third-order valence-electron chi connectivity index (χ3n) is 1.66. The van der Waals surface area contributed by atoms with Crippen molar-refractivity contribution in [3.8, 4) is 0 Å². The Balaban J connectivity index is 2.10. The van der Waals surface area contributed by atoms with Gasteiger partial charge in [0.25, 0.3) is 5.89 Å². The van der Waals surface area contributed by atoms with E-state index in [1.54, 1.807) is 12.1 Å². The minimum atomic E-state index is -0.504. The normalized spacial score (nSPS) is 10.1. The van der Waals surface area contributed by atoms with E-state index in [4.69, 9.17) is 27.6 Å². The molecule has 0 bridgehead atoms. The second-order valence-electron chi connectivity index (χ2n) is 2.79. The van der Waals surface area contributed by atoms with Crippen LogP contribution in [0.5, 0.6) is 0 Å². The fraction of sp³-hybridized carbons (Fsp3) is 0. The zero-order valence-corrected chi connectivity index (χ0v) is 9.29. The van der Waals surface area contributed by atoms with Gasteiger partial charge < -0.3 is 9.73 Å². The second-order valence-corrected chi connectivity index (χ2v) is 3.55. The Morgan fingerprint density at radius 1 is 1.25 bits per heavy atom. The lowest BCUT2D eigenvalue weighted by Gasteiger charge is -2.00. The molecule has 0 unspecified atom stereocenters. The first-order valence-corrected chi connectivity index (χ1v) is 4.95. The molecule has 5 nitrogen and oxygen atoms in total. The second kappa shape index (κ2) is 4.51. The molecule has 0 aliphatic rings. The molecule has 2 rings (SSSR count). The predicted molar refractivity (Wildman–Crippen MR) is 58.7 cm³/mol. The number of hydrogen-bond acceptors (Lipinski definition) is 4. The van der Waals surface area contributed by atoms with Crippen LogP contribution in [-0.2, 0) is 0 Å². The van der Waals surface area contributed by atoms with Crippen LogP contribution in [0.1, 0.15) is 10.7 Å². The zero-order valence-electron chi connectivity index (χ0n) is 7.78. The summed E-state index contributed by atoms with van der Waals surface area (Å²) in [5, 5.41) is 2.92. The highest BCUT2D eigenvalue weighted by Gasteiger charge is 2.12. The molecule has 1 amide bonds. The predicted octanol–water partition coefficient (Wildman–Crippen LogP) is 2.63. The summed E-state index contributed by atoms with van der Waals surface area (Å²) >= 11 is 11.1. The van der Waals surface area contributed by atoms with Crippen LogP contribution in [-0.4, -0.2) is 15.9 Å². The Labute approximate surface area is 100 Å². The van der Waals surface area contributed by atoms with Crippen molar-refractivity contribution in [2.45, 2.75) is 0 Å². The highest BCUT2D eigenvalue weighted by atomic mass is 35.5. The fourth-order valence-corrected chi connectivity index (χ4v) is 1.23. The van der Waals surface area contributed by atoms with Gasteiger partial charge in [0.1, 0.15) is 5.15 Å². The summed E-state index contributed by atoms with van der Waals surface area (Å²) in [5.41, 5.74) is 0.490. The first kappa shape index (κ1) is 10.9. The molecule has 0 saturated carbocycles. The lowest BCUT2D eigenvalue weighted by atomic mass is 10.4. The van der Waals surface area contributed by atoms with E-state index in [0.717, 1.165) is 0 Å². The topological polar surface area (TPSA) is 68.0 Å². The van der Waals surface area contributed by atoms with Gasteiger partial charge in [-0.2, -0.15) is 0 Å². The summed E-state index contributed by atoms with van der Waals surface area (Å²) in [5.74, 6) is -0.615. The molecule has 2 heterocycles. The van der Waals surface area contributed by atoms with E-state index in [9.17, 15) is 4.79 Å². The van der Waals surface area contributed by atoms with Crippen LogP contribution in [0.25, 0.3) is 0 Å². The number of halogens is 2. The summed E-state index contributed by atoms with van der Waals surface area (Å²) in [7, 11) is 0. The Kier molecular flexibility index (Phi) is 3.07. The van der Waals surface area contributed by atoms with Crippen LogP contribution in [0.4, 0.5) is 5.69 Å². The van der Waals surface area contributed by atoms with Crippen LogP contribution < -0.4 is 5.32 Å². The molecule has 0 aliphatic heterocycles. The Morgan fingerprint density at radius 2 is 2.06 bits per heavy atom. The van der Waals surface area contributed by atoms with Crippen LogP contribution >= 0.6 is 23.2 Å². The first-order chi connectivity index (χ1) is 7.65. The van der Waals surface area contributed by atoms with Crippen LogP contribution in [0, 0.1) is 0 Å². The van der Waals surface area contributed by atoms with Gasteiger partial charge in [0.2, 0.25) is 5.22 Å². The molecule has 82 valence electrons. The van der Waals surface area contributed by atoms with E-state index in [2.05, 4.69) is 15.3 Å². The van der Waals surface area contributed by atoms with E-state index in [1.165, 1.54) is 12.4 Å². The van der Waals surface area contributed by atoms with Crippen molar-refractivity contribution in [1.29, 1.82) is 0 Å². The van der Waals surface area contributed by atoms with Crippen molar-refractivity contribution < 1.29 is 9.21 Å². The van der Waals surface area contributed by atoms with Gasteiger partial charge >= 0.3 is 5.91 Å². The van der Waals surface area contributed by atoms with E-state index in [0.29, 0.717) is 10.8 Å². The Hall–Kier alpha value is -1.59. The van der Waals surface area contributed by atoms with E-state index in [-0.39, 0.29) is 11.1 Å². The van der Waals surface area contributed by atoms with Gasteiger partial charge in [-0.15, -0.1) is 0 Å². The molecule has 0 atom stereocenters. The molecule has 2 aromatic heterocycles. The van der Waals surface area contributed by atoms with Crippen molar-refractivity contribution in [3.05, 3.63) is 40.8 Å². The smallest absolute Gasteiger partial charge is 0.311 e. The highest BCUT2D eigenvalue weighted by Crippen LogP contribution is 2.13. The first-order valence-electron chi connectivity index (χ1n) is 4.19. The number of rotatable bonds is 2. The van der Waals surface area contributed by atoms with Gasteiger partial charge in [-0.25, -0.2) is 9.97 Å². The lowest BCUT2D eigenvalue weighted by molar-refractivity contribution is 0.0990. The minimum Gasteiger partial charge on any atom is -0.420 e. The maximum Gasteiger partial charge on any atom is 0.311 e. The third-order valence-corrected chi connectivity index (χ3v) is 2.06. The third kappa shape index (κ3) is 2.50. The fourth-order valence-electron chi connectivity index (χ4n) is 0.994. The Morgan fingerprint density at radius 3 is 2.62 bits per heavy atom. The summed E-state index contributed by atoms with van der Waals surface area (Å²) in [6, 6.07) is 3.16. The molecule has 0 saturated heterocycles. The molecule has 1 N–H and O–H groups in total. The largest absolute Gasteiger partial charge is 0.420 e. The van der Waals surface area contributed by atoms with Crippen LogP contribution in [0.2, 0.25) is 10.4 Å². The average molecular weight is 258 g/mol. The monoisotopic (exact) mass is 257 g/mol. The number of aromatic nitrogens is 2. The van der Waals surface area contributed by atoms with Crippen molar-refractivity contribution in [1.82, 2.24) is 9.97 Å². The number of amides is 1. The molecular formula is C9H5Cl2N3O2. The number of anilines is 1. The molecule has 0 aliphatic carbocycles. The standard InChI is InChI=1S/C9H5Cl2N3O2/c10-6-2-1-5(3-12-6)14-8(15)9-13-4-7(11)16-9/h1-4H,(H,14,15). The van der Waals surface area contributed by atoms with Gasteiger partial charge in [-0.05, 0) is 23.7 Å². The number of carbonyl (C=O) groups excluding carboxylic acids is 1. The lowest BCUT2D eigenvalue weighted by Crippen LogP contribution is -2.12. The van der Waals surface area contributed by atoms with E-state index >= 15 is 0 Å². The van der Waals surface area contributed by atoms with Gasteiger partial charge in [0.05, 0.1) is 18.1 Å². The van der Waals surface area contributed by atoms with E-state index < -0.39 is 5.91 Å². The molecule has 16 heavy (non-hydrogen) atoms. The number of nitrogens with one attached hydrogen (secondary N) is 1. The quantitative estimate of drug-likeness (QED) is 0.840. The summed E-state index contributed by atoms with van der Waals surface area (Å²) in [6.07, 6.45) is 2.67. The van der Waals surface area contributed by atoms with Gasteiger partial charge in [-0.1, -0.05) is 11.6 Å². The number of nitrogens with zero attached hydrogens (tertiary/aromatic N) is 2. The molecule has 7 heteroatoms. The SMILES string of the molecule is O=C(Nc1ccc(Cl)nc1)c1ncc(Cl)o1. The number of carbonyl (C=O) groups is 1. The van der Waals surface area contributed by atoms with Crippen molar-refractivity contribution in [2.75, 3.05) is 5.32 Å². The minimum absolute atomic E-state index is 0.0550. The number of pyridine rings is 1. The number of oxazole rings is 1. The summed E-state index contributed by atoms with van der Waals surface area (Å²) < 4.78 is 4.84. The summed E-state index contributed by atoms with van der Waals surface area (Å²) in [6.45, 7) is 0.